The van der Waals surface area contributed by atoms with Crippen molar-refractivity contribution in [2.24, 2.45) is 0 Å². The van der Waals surface area contributed by atoms with Crippen LogP contribution in [-0.2, 0) is 11.3 Å². The highest BCUT2D eigenvalue weighted by molar-refractivity contribution is 5.80. The van der Waals surface area contributed by atoms with Gasteiger partial charge in [0.2, 0.25) is 5.91 Å². The molecule has 2 heterocycles. The van der Waals surface area contributed by atoms with Crippen molar-refractivity contribution in [1.29, 1.82) is 0 Å². The van der Waals surface area contributed by atoms with Crippen LogP contribution >= 0.6 is 0 Å². The van der Waals surface area contributed by atoms with Crippen LogP contribution in [0.5, 0.6) is 5.75 Å². The molecule has 0 spiro atoms. The van der Waals surface area contributed by atoms with Crippen LogP contribution in [0.4, 0.5) is 0 Å². The summed E-state index contributed by atoms with van der Waals surface area (Å²) in [5.41, 5.74) is 2.10. The summed E-state index contributed by atoms with van der Waals surface area (Å²) in [6, 6.07) is 11.7. The summed E-state index contributed by atoms with van der Waals surface area (Å²) in [6.07, 6.45) is 6.02. The van der Waals surface area contributed by atoms with Crippen LogP contribution in [0.25, 0.3) is 10.9 Å². The molecule has 3 rings (SSSR count). The number of nitrogens with one attached hydrogen (secondary N) is 1. The van der Waals surface area contributed by atoms with E-state index in [1.54, 1.807) is 13.3 Å². The lowest BCUT2D eigenvalue weighted by molar-refractivity contribution is -0.121. The first-order chi connectivity index (χ1) is 11.7. The molecule has 2 aromatic heterocycles. The maximum absolute atomic E-state index is 12.2. The van der Waals surface area contributed by atoms with Gasteiger partial charge >= 0.3 is 0 Å². The molecule has 124 valence electrons. The van der Waals surface area contributed by atoms with E-state index >= 15 is 0 Å². The highest BCUT2D eigenvalue weighted by atomic mass is 16.5. The fraction of sp³-hybridized carbons (Fsp3) is 0.263. The van der Waals surface area contributed by atoms with Gasteiger partial charge in [0.15, 0.2) is 0 Å². The van der Waals surface area contributed by atoms with Crippen LogP contribution in [0.15, 0.2) is 55.0 Å². The molecule has 1 N–H and O–H groups in total. The lowest BCUT2D eigenvalue weighted by Gasteiger charge is -2.15. The molecule has 0 unspecified atom stereocenters. The Morgan fingerprint density at radius 1 is 1.25 bits per heavy atom. The standard InChI is InChI=1S/C19H21N3O2/c1-14(15-3-5-17(24-2)6-4-15)21-19(23)9-12-22-11-8-16-7-10-20-13-18(16)22/h3-8,10-11,13-14H,9,12H2,1-2H3,(H,21,23)/t14-/m0/s1. The first kappa shape index (κ1) is 16.1. The number of aromatic nitrogens is 2. The van der Waals surface area contributed by atoms with Crippen molar-refractivity contribution in [3.8, 4) is 5.75 Å². The van der Waals surface area contributed by atoms with Gasteiger partial charge in [-0.1, -0.05) is 12.1 Å². The number of nitrogens with zero attached hydrogens (tertiary/aromatic N) is 2. The van der Waals surface area contributed by atoms with E-state index in [9.17, 15) is 4.79 Å². The second-order valence-corrected chi connectivity index (χ2v) is 5.76. The van der Waals surface area contributed by atoms with Crippen molar-refractivity contribution in [3.05, 3.63) is 60.6 Å². The third-order valence-electron chi connectivity index (χ3n) is 4.15. The average Bonchev–Trinajstić information content (AvgIpc) is 3.03. The largest absolute Gasteiger partial charge is 0.497 e. The van der Waals surface area contributed by atoms with Crippen LogP contribution in [0.2, 0.25) is 0 Å². The second-order valence-electron chi connectivity index (χ2n) is 5.76. The molecular weight excluding hydrogens is 302 g/mol. The monoisotopic (exact) mass is 323 g/mol. The Labute approximate surface area is 141 Å². The van der Waals surface area contributed by atoms with Gasteiger partial charge in [0.05, 0.1) is 24.9 Å². The van der Waals surface area contributed by atoms with Crippen molar-refractivity contribution in [1.82, 2.24) is 14.9 Å². The number of hydrogen-bond donors (Lipinski definition) is 1. The molecule has 0 aliphatic heterocycles. The molecule has 0 aliphatic rings. The third kappa shape index (κ3) is 3.56. The SMILES string of the molecule is COc1ccc([C@H](C)NC(=O)CCn2ccc3ccncc32)cc1. The zero-order valence-electron chi connectivity index (χ0n) is 13.9. The smallest absolute Gasteiger partial charge is 0.222 e. The summed E-state index contributed by atoms with van der Waals surface area (Å²) in [6.45, 7) is 2.62. The number of benzene rings is 1. The van der Waals surface area contributed by atoms with E-state index in [1.807, 2.05) is 55.7 Å². The van der Waals surface area contributed by atoms with Gasteiger partial charge in [0.1, 0.15) is 5.75 Å². The van der Waals surface area contributed by atoms with Crippen LogP contribution in [-0.4, -0.2) is 22.6 Å². The summed E-state index contributed by atoms with van der Waals surface area (Å²) in [5.74, 6) is 0.842. The minimum Gasteiger partial charge on any atom is -0.497 e. The average molecular weight is 323 g/mol. The molecule has 1 amide bonds. The Balaban J connectivity index is 1.57. The summed E-state index contributed by atoms with van der Waals surface area (Å²) >= 11 is 0. The minimum absolute atomic E-state index is 0.0315. The molecular formula is C19H21N3O2. The Kier molecular flexibility index (Phi) is 4.79. The highest BCUT2D eigenvalue weighted by Crippen LogP contribution is 2.18. The van der Waals surface area contributed by atoms with Gasteiger partial charge in [-0.2, -0.15) is 0 Å². The minimum atomic E-state index is -0.0357. The van der Waals surface area contributed by atoms with Crippen molar-refractivity contribution < 1.29 is 9.53 Å². The van der Waals surface area contributed by atoms with Crippen molar-refractivity contribution in [2.45, 2.75) is 25.9 Å². The zero-order chi connectivity index (χ0) is 16.9. The van der Waals surface area contributed by atoms with Crippen LogP contribution < -0.4 is 10.1 Å². The van der Waals surface area contributed by atoms with Gasteiger partial charge in [-0.3, -0.25) is 9.78 Å². The number of pyridine rings is 1. The molecule has 0 saturated heterocycles. The number of hydrogen-bond acceptors (Lipinski definition) is 3. The Hall–Kier alpha value is -2.82. The number of rotatable bonds is 6. The maximum Gasteiger partial charge on any atom is 0.222 e. The van der Waals surface area contributed by atoms with Crippen molar-refractivity contribution in [3.63, 3.8) is 0 Å². The predicted octanol–water partition coefficient (Wildman–Crippen LogP) is 3.31. The molecule has 0 radical (unpaired) electrons. The van der Waals surface area contributed by atoms with Gasteiger partial charge < -0.3 is 14.6 Å². The fourth-order valence-electron chi connectivity index (χ4n) is 2.73. The molecule has 0 fully saturated rings. The first-order valence-electron chi connectivity index (χ1n) is 7.99. The van der Waals surface area contributed by atoms with E-state index in [-0.39, 0.29) is 11.9 Å². The number of ether oxygens (including phenoxy) is 1. The van der Waals surface area contributed by atoms with E-state index in [0.717, 1.165) is 22.2 Å². The third-order valence-corrected chi connectivity index (χ3v) is 4.15. The van der Waals surface area contributed by atoms with Gasteiger partial charge in [-0.15, -0.1) is 0 Å². The van der Waals surface area contributed by atoms with Crippen molar-refractivity contribution >= 4 is 16.8 Å². The summed E-state index contributed by atoms with van der Waals surface area (Å²) < 4.78 is 7.21. The molecule has 3 aromatic rings. The molecule has 5 nitrogen and oxygen atoms in total. The molecule has 0 saturated carbocycles. The summed E-state index contributed by atoms with van der Waals surface area (Å²) in [5, 5.41) is 4.17. The summed E-state index contributed by atoms with van der Waals surface area (Å²) in [4.78, 5) is 16.4. The number of methoxy groups -OCH3 is 1. The maximum atomic E-state index is 12.2. The number of carbonyl (C=O) groups is 1. The molecule has 1 aromatic carbocycles. The Morgan fingerprint density at radius 2 is 2.04 bits per heavy atom. The Bertz CT molecular complexity index is 824. The van der Waals surface area contributed by atoms with E-state index in [1.165, 1.54) is 0 Å². The van der Waals surface area contributed by atoms with Crippen molar-refractivity contribution in [2.75, 3.05) is 7.11 Å². The molecule has 0 bridgehead atoms. The lowest BCUT2D eigenvalue weighted by atomic mass is 10.1. The van der Waals surface area contributed by atoms with Crippen LogP contribution in [0.3, 0.4) is 0 Å². The topological polar surface area (TPSA) is 56.1 Å². The highest BCUT2D eigenvalue weighted by Gasteiger charge is 2.10. The number of fused-ring (bicyclic) bond motifs is 1. The molecule has 0 aliphatic carbocycles. The normalized spacial score (nSPS) is 12.1. The van der Waals surface area contributed by atoms with E-state index in [2.05, 4.69) is 14.9 Å². The van der Waals surface area contributed by atoms with E-state index in [4.69, 9.17) is 4.74 Å². The molecule has 5 heteroatoms. The predicted molar refractivity (Wildman–Crippen MR) is 93.9 cm³/mol. The van der Waals surface area contributed by atoms with E-state index < -0.39 is 0 Å². The number of carbonyl (C=O) groups excluding carboxylic acids is 1. The van der Waals surface area contributed by atoms with Crippen LogP contribution in [0, 0.1) is 0 Å². The number of aryl methyl sites for hydroxylation is 1. The lowest BCUT2D eigenvalue weighted by Crippen LogP contribution is -2.27. The fourth-order valence-corrected chi connectivity index (χ4v) is 2.73. The van der Waals surface area contributed by atoms with Gasteiger partial charge in [0, 0.05) is 30.7 Å². The summed E-state index contributed by atoms with van der Waals surface area (Å²) in [7, 11) is 1.64. The van der Waals surface area contributed by atoms with Crippen LogP contribution in [0.1, 0.15) is 24.9 Å². The Morgan fingerprint density at radius 3 is 2.79 bits per heavy atom. The van der Waals surface area contributed by atoms with Gasteiger partial charge in [0.25, 0.3) is 0 Å². The molecule has 24 heavy (non-hydrogen) atoms. The second kappa shape index (κ2) is 7.17. The van der Waals surface area contributed by atoms with Gasteiger partial charge in [-0.05, 0) is 36.8 Å². The van der Waals surface area contributed by atoms with E-state index in [0.29, 0.717) is 13.0 Å². The molecule has 1 atom stereocenters. The zero-order valence-corrected chi connectivity index (χ0v) is 13.9. The number of amides is 1. The first-order valence-corrected chi connectivity index (χ1v) is 7.99. The quantitative estimate of drug-likeness (QED) is 0.757. The van der Waals surface area contributed by atoms with Gasteiger partial charge in [-0.25, -0.2) is 0 Å².